The number of benzene rings is 1. The van der Waals surface area contributed by atoms with Crippen LogP contribution in [0.15, 0.2) is 54.0 Å². The molecular weight excluding hydrogens is 386 g/mol. The van der Waals surface area contributed by atoms with Crippen LogP contribution < -0.4 is 5.56 Å². The maximum Gasteiger partial charge on any atom is 0.261 e. The molecule has 152 valence electrons. The first-order chi connectivity index (χ1) is 14.7. The van der Waals surface area contributed by atoms with Gasteiger partial charge in [-0.1, -0.05) is 17.3 Å². The largest absolute Gasteiger partial charge is 0.338 e. The Morgan fingerprint density at radius 2 is 1.93 bits per heavy atom. The van der Waals surface area contributed by atoms with Gasteiger partial charge in [-0.15, -0.1) is 5.10 Å². The Labute approximate surface area is 170 Å². The molecule has 11 nitrogen and oxygen atoms in total. The minimum absolute atomic E-state index is 0.00684. The van der Waals surface area contributed by atoms with Gasteiger partial charge in [0.1, 0.15) is 12.2 Å². The van der Waals surface area contributed by atoms with Crippen molar-refractivity contribution in [3.63, 3.8) is 0 Å². The van der Waals surface area contributed by atoms with Crippen molar-refractivity contribution in [2.45, 2.75) is 25.6 Å². The molecule has 1 aliphatic heterocycles. The van der Waals surface area contributed by atoms with Crippen LogP contribution in [0, 0.1) is 0 Å². The van der Waals surface area contributed by atoms with E-state index in [1.807, 2.05) is 18.3 Å². The summed E-state index contributed by atoms with van der Waals surface area (Å²) in [5.74, 6) is 0.00684. The first kappa shape index (κ1) is 18.2. The molecule has 0 saturated carbocycles. The van der Waals surface area contributed by atoms with E-state index in [4.69, 9.17) is 0 Å². The molecule has 0 unspecified atom stereocenters. The molecule has 1 aromatic carbocycles. The second-order valence-electron chi connectivity index (χ2n) is 7.21. The fourth-order valence-corrected chi connectivity index (χ4v) is 3.50. The Bertz CT molecular complexity index is 1240. The first-order valence-electron chi connectivity index (χ1n) is 9.64. The molecule has 11 heteroatoms. The second kappa shape index (κ2) is 7.50. The predicted octanol–water partition coefficient (Wildman–Crippen LogP) is 0.101. The Balaban J connectivity index is 1.15. The average molecular weight is 405 g/mol. The lowest BCUT2D eigenvalue weighted by atomic mass is 10.1. The molecule has 0 bridgehead atoms. The van der Waals surface area contributed by atoms with E-state index >= 15 is 0 Å². The Kier molecular flexibility index (Phi) is 4.54. The van der Waals surface area contributed by atoms with Crippen molar-refractivity contribution in [3.05, 3.63) is 65.2 Å². The molecule has 1 aliphatic rings. The molecule has 1 saturated heterocycles. The molecule has 0 atom stereocenters. The minimum Gasteiger partial charge on any atom is -0.338 e. The molecule has 30 heavy (non-hydrogen) atoms. The van der Waals surface area contributed by atoms with Gasteiger partial charge in [-0.25, -0.2) is 9.67 Å². The third-order valence-corrected chi connectivity index (χ3v) is 5.21. The lowest BCUT2D eigenvalue weighted by Crippen LogP contribution is -2.51. The number of rotatable bonds is 6. The van der Waals surface area contributed by atoms with Gasteiger partial charge in [-0.2, -0.15) is 15.0 Å². The highest BCUT2D eigenvalue weighted by Crippen LogP contribution is 2.21. The van der Waals surface area contributed by atoms with Crippen molar-refractivity contribution in [1.29, 1.82) is 0 Å². The van der Waals surface area contributed by atoms with Crippen LogP contribution >= 0.6 is 0 Å². The predicted molar refractivity (Wildman–Crippen MR) is 105 cm³/mol. The van der Waals surface area contributed by atoms with E-state index < -0.39 is 0 Å². The SMILES string of the molecule is O=C(CCn1cnc2ccccc2c1=O)N1CC(n2cc(Cn3nccn3)nn2)C1. The second-order valence-corrected chi connectivity index (χ2v) is 7.21. The highest BCUT2D eigenvalue weighted by molar-refractivity contribution is 5.78. The number of para-hydroxylation sites is 1. The molecule has 1 amide bonds. The van der Waals surface area contributed by atoms with Crippen molar-refractivity contribution in [3.8, 4) is 0 Å². The van der Waals surface area contributed by atoms with E-state index in [2.05, 4.69) is 25.5 Å². The van der Waals surface area contributed by atoms with Gasteiger partial charge in [0.15, 0.2) is 0 Å². The molecule has 0 spiro atoms. The molecule has 4 aromatic rings. The van der Waals surface area contributed by atoms with Crippen LogP contribution in [0.5, 0.6) is 0 Å². The molecule has 0 N–H and O–H groups in total. The van der Waals surface area contributed by atoms with Crippen LogP contribution in [0.3, 0.4) is 0 Å². The van der Waals surface area contributed by atoms with Gasteiger partial charge in [-0.05, 0) is 12.1 Å². The number of carbonyl (C=O) groups is 1. The molecule has 0 radical (unpaired) electrons. The quantitative estimate of drug-likeness (QED) is 0.447. The maximum atomic E-state index is 12.5. The first-order valence-corrected chi connectivity index (χ1v) is 9.64. The van der Waals surface area contributed by atoms with Crippen molar-refractivity contribution < 1.29 is 4.79 Å². The zero-order valence-electron chi connectivity index (χ0n) is 16.1. The highest BCUT2D eigenvalue weighted by Gasteiger charge is 2.32. The smallest absolute Gasteiger partial charge is 0.261 e. The Hall–Kier alpha value is -3.89. The standard InChI is InChI=1S/C19H19N9O2/c29-18(5-8-25-13-20-17-4-2-1-3-16(17)19(25)30)26-11-15(12-26)27-9-14(23-24-27)10-28-21-6-7-22-28/h1-4,6-7,9,13,15H,5,8,10-12H2. The summed E-state index contributed by atoms with van der Waals surface area (Å²) < 4.78 is 3.27. The Morgan fingerprint density at radius 3 is 2.77 bits per heavy atom. The lowest BCUT2D eigenvalue weighted by Gasteiger charge is -2.39. The number of carbonyl (C=O) groups excluding carboxylic acids is 1. The van der Waals surface area contributed by atoms with Crippen LogP contribution in [0.25, 0.3) is 10.9 Å². The number of aryl methyl sites for hydroxylation is 1. The van der Waals surface area contributed by atoms with Gasteiger partial charge in [0.2, 0.25) is 5.91 Å². The third kappa shape index (κ3) is 3.45. The topological polar surface area (TPSA) is 117 Å². The summed E-state index contributed by atoms with van der Waals surface area (Å²) in [7, 11) is 0. The zero-order valence-corrected chi connectivity index (χ0v) is 16.1. The van der Waals surface area contributed by atoms with Crippen LogP contribution in [0.1, 0.15) is 18.2 Å². The summed E-state index contributed by atoms with van der Waals surface area (Å²) in [6.07, 6.45) is 6.84. The number of aromatic nitrogens is 8. The lowest BCUT2D eigenvalue weighted by molar-refractivity contribution is -0.137. The molecule has 1 fully saturated rings. The van der Waals surface area contributed by atoms with Crippen LogP contribution in [-0.2, 0) is 17.9 Å². The van der Waals surface area contributed by atoms with E-state index in [1.165, 1.54) is 15.7 Å². The monoisotopic (exact) mass is 405 g/mol. The van der Waals surface area contributed by atoms with Gasteiger partial charge in [0.25, 0.3) is 5.56 Å². The fourth-order valence-electron chi connectivity index (χ4n) is 3.50. The van der Waals surface area contributed by atoms with Gasteiger partial charge >= 0.3 is 0 Å². The van der Waals surface area contributed by atoms with E-state index in [9.17, 15) is 9.59 Å². The number of hydrogen-bond donors (Lipinski definition) is 0. The molecule has 5 rings (SSSR count). The molecule has 0 aliphatic carbocycles. The molecule has 3 aromatic heterocycles. The zero-order chi connectivity index (χ0) is 20.5. The van der Waals surface area contributed by atoms with Gasteiger partial charge in [0, 0.05) is 26.1 Å². The summed E-state index contributed by atoms with van der Waals surface area (Å²) in [4.78, 5) is 32.6. The average Bonchev–Trinajstić information content (AvgIpc) is 3.39. The number of likely N-dealkylation sites (tertiary alicyclic amines) is 1. The fraction of sp³-hybridized carbons (Fsp3) is 0.316. The van der Waals surface area contributed by atoms with Crippen molar-refractivity contribution in [2.24, 2.45) is 0 Å². The van der Waals surface area contributed by atoms with Crippen molar-refractivity contribution in [2.75, 3.05) is 13.1 Å². The van der Waals surface area contributed by atoms with E-state index in [1.54, 1.807) is 34.1 Å². The minimum atomic E-state index is -0.128. The van der Waals surface area contributed by atoms with Crippen LogP contribution in [-0.4, -0.2) is 63.4 Å². The van der Waals surface area contributed by atoms with Gasteiger partial charge in [0.05, 0.1) is 41.9 Å². The number of nitrogens with zero attached hydrogens (tertiary/aromatic N) is 9. The maximum absolute atomic E-state index is 12.5. The summed E-state index contributed by atoms with van der Waals surface area (Å²) in [5.41, 5.74) is 1.29. The van der Waals surface area contributed by atoms with Crippen molar-refractivity contribution in [1.82, 2.24) is 44.4 Å². The molecule has 4 heterocycles. The number of fused-ring (bicyclic) bond motifs is 1. The summed E-state index contributed by atoms with van der Waals surface area (Å²) in [6.45, 7) is 1.91. The highest BCUT2D eigenvalue weighted by atomic mass is 16.2. The van der Waals surface area contributed by atoms with E-state index in [0.29, 0.717) is 37.1 Å². The Morgan fingerprint density at radius 1 is 1.13 bits per heavy atom. The normalized spacial score (nSPS) is 14.2. The summed E-state index contributed by atoms with van der Waals surface area (Å²) in [5, 5.41) is 17.0. The molecular formula is C19H19N9O2. The van der Waals surface area contributed by atoms with E-state index in [0.717, 1.165) is 5.69 Å². The number of amides is 1. The summed E-state index contributed by atoms with van der Waals surface area (Å²) in [6, 6.07) is 7.30. The van der Waals surface area contributed by atoms with Crippen LogP contribution in [0.2, 0.25) is 0 Å². The summed E-state index contributed by atoms with van der Waals surface area (Å²) >= 11 is 0. The van der Waals surface area contributed by atoms with Crippen LogP contribution in [0.4, 0.5) is 0 Å². The number of hydrogen-bond acceptors (Lipinski definition) is 7. The van der Waals surface area contributed by atoms with Crippen molar-refractivity contribution >= 4 is 16.8 Å². The van der Waals surface area contributed by atoms with Gasteiger partial charge in [-0.3, -0.25) is 14.2 Å². The third-order valence-electron chi connectivity index (χ3n) is 5.21. The van der Waals surface area contributed by atoms with Gasteiger partial charge < -0.3 is 4.90 Å². The van der Waals surface area contributed by atoms with E-state index in [-0.39, 0.29) is 23.9 Å².